The van der Waals surface area contributed by atoms with Crippen molar-refractivity contribution in [2.45, 2.75) is 6.92 Å². The molecule has 0 aromatic rings. The second-order valence-corrected chi connectivity index (χ2v) is 0.289. The first-order valence-corrected chi connectivity index (χ1v) is 2.49. The van der Waals surface area contributed by atoms with Crippen LogP contribution in [0.3, 0.4) is 0 Å². The molecule has 0 unspecified atom stereocenters. The van der Waals surface area contributed by atoms with Crippen LogP contribution in [0.1, 0.15) is 6.92 Å². The van der Waals surface area contributed by atoms with E-state index >= 15 is 0 Å². The Morgan fingerprint density at radius 3 is 1.80 bits per heavy atom. The van der Waals surface area contributed by atoms with Gasteiger partial charge in [0.15, 0.2) is 0 Å². The van der Waals surface area contributed by atoms with Crippen molar-refractivity contribution in [1.82, 2.24) is 0 Å². The molecule has 0 saturated heterocycles. The van der Waals surface area contributed by atoms with E-state index in [9.17, 15) is 0 Å². The number of hydrogen-bond acceptors (Lipinski definition) is 1. The summed E-state index contributed by atoms with van der Waals surface area (Å²) in [6.45, 7) is 1.57. The zero-order valence-corrected chi connectivity index (χ0v) is 5.28. The third-order valence-corrected chi connectivity index (χ3v) is 0. The number of hydrogen-bond donors (Lipinski definition) is 1. The fourth-order valence-electron chi connectivity index (χ4n) is 0. The quantitative estimate of drug-likeness (QED) is 0.643. The van der Waals surface area contributed by atoms with Gasteiger partial charge in [-0.15, -0.1) is 0 Å². The summed E-state index contributed by atoms with van der Waals surface area (Å²) in [5.41, 5.74) is 0. The minimum absolute atomic E-state index is 0. The zero-order chi connectivity index (χ0) is 4.71. The van der Waals surface area contributed by atoms with Crippen molar-refractivity contribution >= 4 is 0 Å². The van der Waals surface area contributed by atoms with Gasteiger partial charge in [-0.25, -0.2) is 5.11 Å². The van der Waals surface area contributed by atoms with Gasteiger partial charge in [-0.05, 0) is 6.92 Å². The summed E-state index contributed by atoms with van der Waals surface area (Å²) in [5, 5.41) is 8.93. The van der Waals surface area contributed by atoms with Crippen molar-refractivity contribution in [3.8, 4) is 0 Å². The van der Waals surface area contributed by atoms with Gasteiger partial charge in [0, 0.05) is 0 Å². The van der Waals surface area contributed by atoms with Crippen molar-refractivity contribution in [3.05, 3.63) is 0 Å². The Balaban J connectivity index is 0. The van der Waals surface area contributed by atoms with E-state index in [1.807, 2.05) is 0 Å². The van der Waals surface area contributed by atoms with Crippen LogP contribution in [-0.2, 0) is 25.2 Å². The van der Waals surface area contributed by atoms with Crippen LogP contribution in [-0.4, -0.2) is 6.61 Å². The molecule has 5 heavy (non-hydrogen) atoms. The first-order chi connectivity index (χ1) is 2.41. The van der Waals surface area contributed by atoms with Gasteiger partial charge in [0.05, 0.1) is 6.61 Å². The topological polar surface area (TPSA) is 45.9 Å². The molecule has 0 saturated carbocycles. The molecule has 36 valence electrons. The molecular formula is C2H7NOPt. The predicted molar refractivity (Wildman–Crippen MR) is 15.4 cm³/mol. The van der Waals surface area contributed by atoms with Crippen LogP contribution in [0.2, 0.25) is 0 Å². The molecule has 0 aromatic heterocycles. The molecule has 0 atom stereocenters. The first kappa shape index (κ1) is 9.15. The molecule has 0 fully saturated rings. The average Bonchev–Trinajstić information content (AvgIpc) is 1.46. The molecule has 0 spiro atoms. The van der Waals surface area contributed by atoms with Crippen LogP contribution in [0.5, 0.6) is 0 Å². The van der Waals surface area contributed by atoms with Gasteiger partial charge in [0.25, 0.3) is 0 Å². The Hall–Kier alpha value is 0.608. The summed E-state index contributed by atoms with van der Waals surface area (Å²) in [6, 6.07) is 0. The Morgan fingerprint density at radius 1 is 1.80 bits per heavy atom. The molecule has 2 N–H and O–H groups in total. The van der Waals surface area contributed by atoms with E-state index in [1.165, 1.54) is 0 Å². The molecular weight excluding hydrogens is 249 g/mol. The second-order valence-electron chi connectivity index (χ2n) is 0.289. The monoisotopic (exact) mass is 256 g/mol. The first-order valence-electron chi connectivity index (χ1n) is 1.18. The zero-order valence-electron chi connectivity index (χ0n) is 3.01. The van der Waals surface area contributed by atoms with Crippen molar-refractivity contribution in [1.29, 1.82) is 0 Å². The van der Waals surface area contributed by atoms with Gasteiger partial charge in [0.1, 0.15) is 0 Å². The molecule has 0 amide bonds. The van der Waals surface area contributed by atoms with Crippen LogP contribution in [0.25, 0.3) is 0 Å². The molecule has 0 heterocycles. The summed E-state index contributed by atoms with van der Waals surface area (Å²) in [5.74, 6) is 0. The Bertz CT molecular complexity index is 9.61. The van der Waals surface area contributed by atoms with Crippen molar-refractivity contribution in [2.75, 3.05) is 6.61 Å². The SMILES string of the molecule is CC[O].[NH2][Pt]. The normalized spacial score (nSPS) is 5.00. The summed E-state index contributed by atoms with van der Waals surface area (Å²) < 4.78 is 4.47. The summed E-state index contributed by atoms with van der Waals surface area (Å²) in [6.07, 6.45) is 0. The molecule has 0 aliphatic carbocycles. The van der Waals surface area contributed by atoms with E-state index in [2.05, 4.69) is 4.29 Å². The third kappa shape index (κ3) is 84.7. The summed E-state index contributed by atoms with van der Waals surface area (Å²) >= 11 is 1.64. The average molecular weight is 256 g/mol. The maximum absolute atomic E-state index is 8.93. The molecule has 0 aromatic carbocycles. The van der Waals surface area contributed by atoms with Crippen LogP contribution in [0.4, 0.5) is 0 Å². The Morgan fingerprint density at radius 2 is 1.80 bits per heavy atom. The Kier molecular flexibility index (Phi) is 42.4. The van der Waals surface area contributed by atoms with E-state index in [0.717, 1.165) is 0 Å². The molecule has 1 radical (unpaired) electrons. The van der Waals surface area contributed by atoms with Gasteiger partial charge in [-0.3, -0.25) is 0 Å². The predicted octanol–water partition coefficient (Wildman–Crippen LogP) is -0.156. The van der Waals surface area contributed by atoms with Gasteiger partial charge in [0.2, 0.25) is 0 Å². The second kappa shape index (κ2) is 23.2. The van der Waals surface area contributed by atoms with Crippen LogP contribution >= 0.6 is 0 Å². The standard InChI is InChI=1S/C2H5O.H2N.Pt/c1-2-3;;/h2H2,1H3;1H2;/q;-1;+1. The molecule has 0 bridgehead atoms. The van der Waals surface area contributed by atoms with E-state index in [4.69, 9.17) is 5.11 Å². The van der Waals surface area contributed by atoms with E-state index < -0.39 is 0 Å². The van der Waals surface area contributed by atoms with Crippen molar-refractivity contribution < 1.29 is 25.2 Å². The fourth-order valence-corrected chi connectivity index (χ4v) is 0. The molecule has 2 nitrogen and oxygen atoms in total. The van der Waals surface area contributed by atoms with Crippen LogP contribution in [0, 0.1) is 0 Å². The fraction of sp³-hybridized carbons (Fsp3) is 1.00. The molecule has 0 rings (SSSR count). The van der Waals surface area contributed by atoms with Crippen LogP contribution in [0.15, 0.2) is 0 Å². The Labute approximate surface area is 43.6 Å². The van der Waals surface area contributed by atoms with Gasteiger partial charge in [-0.1, -0.05) is 0 Å². The summed E-state index contributed by atoms with van der Waals surface area (Å²) in [4.78, 5) is 0. The van der Waals surface area contributed by atoms with Crippen molar-refractivity contribution in [3.63, 3.8) is 0 Å². The molecule has 3 heteroatoms. The van der Waals surface area contributed by atoms with Gasteiger partial charge >= 0.3 is 24.4 Å². The molecule has 0 aliphatic rings. The number of rotatable bonds is 0. The van der Waals surface area contributed by atoms with Gasteiger partial charge in [-0.2, -0.15) is 0 Å². The van der Waals surface area contributed by atoms with E-state index in [1.54, 1.807) is 27.0 Å². The van der Waals surface area contributed by atoms with E-state index in [0.29, 0.717) is 0 Å². The third-order valence-electron chi connectivity index (χ3n) is 0. The number of nitrogens with two attached hydrogens (primary N) is 1. The molecule has 0 aliphatic heterocycles. The van der Waals surface area contributed by atoms with E-state index in [-0.39, 0.29) is 6.61 Å². The minimum atomic E-state index is 0. The maximum atomic E-state index is 8.93. The van der Waals surface area contributed by atoms with Gasteiger partial charge < -0.3 is 0 Å². The van der Waals surface area contributed by atoms with Crippen LogP contribution < -0.4 is 4.29 Å². The summed E-state index contributed by atoms with van der Waals surface area (Å²) in [7, 11) is 0. The van der Waals surface area contributed by atoms with Crippen molar-refractivity contribution in [2.24, 2.45) is 4.29 Å².